The molecule has 72 valence electrons. The number of hydrogen-bond acceptors (Lipinski definition) is 2. The van der Waals surface area contributed by atoms with Gasteiger partial charge in [0.25, 0.3) is 0 Å². The van der Waals surface area contributed by atoms with Crippen LogP contribution in [0.25, 0.3) is 0 Å². The van der Waals surface area contributed by atoms with Gasteiger partial charge in [-0.05, 0) is 12.8 Å². The van der Waals surface area contributed by atoms with Crippen molar-refractivity contribution in [3.63, 3.8) is 0 Å². The second-order valence-corrected chi connectivity index (χ2v) is 2.92. The summed E-state index contributed by atoms with van der Waals surface area (Å²) in [6.45, 7) is 0.660. The second kappa shape index (κ2) is 14.9. The van der Waals surface area contributed by atoms with Gasteiger partial charge in [-0.3, -0.25) is 0 Å². The predicted molar refractivity (Wildman–Crippen MR) is 54.5 cm³/mol. The maximum Gasteiger partial charge on any atom is 2.00 e. The van der Waals surface area contributed by atoms with Crippen molar-refractivity contribution >= 4 is 45.5 Å². The Morgan fingerprint density at radius 3 is 1.08 bits per heavy atom. The van der Waals surface area contributed by atoms with Crippen molar-refractivity contribution in [2.45, 2.75) is 44.9 Å². The Kier molecular flexibility index (Phi) is 19.7. The maximum atomic E-state index is 8.47. The summed E-state index contributed by atoms with van der Waals surface area (Å²) in [7, 11) is 0. The number of rotatable bonds is 8. The van der Waals surface area contributed by atoms with Crippen LogP contribution in [0.4, 0.5) is 0 Å². The molecule has 2 nitrogen and oxygen atoms in total. The molecule has 2 N–H and O–H groups in total. The molecule has 0 aliphatic rings. The molecule has 0 radical (unpaired) electrons. The van der Waals surface area contributed by atoms with Crippen molar-refractivity contribution in [3.8, 4) is 0 Å². The van der Waals surface area contributed by atoms with Crippen molar-refractivity contribution in [1.29, 1.82) is 0 Å². The van der Waals surface area contributed by atoms with Gasteiger partial charge in [0.2, 0.25) is 0 Å². The van der Waals surface area contributed by atoms with E-state index in [0.717, 1.165) is 25.7 Å². The first kappa shape index (κ1) is 15.9. The molecule has 12 heavy (non-hydrogen) atoms. The molecule has 0 fully saturated rings. The van der Waals surface area contributed by atoms with Gasteiger partial charge in [0.05, 0.1) is 0 Å². The van der Waals surface area contributed by atoms with E-state index in [9.17, 15) is 0 Å². The first-order chi connectivity index (χ1) is 5.41. The Labute approximate surface area is 116 Å². The van der Waals surface area contributed by atoms with E-state index in [1.54, 1.807) is 0 Å². The molecule has 0 spiro atoms. The van der Waals surface area contributed by atoms with E-state index in [2.05, 4.69) is 0 Å². The van der Waals surface area contributed by atoms with E-state index >= 15 is 0 Å². The van der Waals surface area contributed by atoms with E-state index in [4.69, 9.17) is 10.2 Å². The van der Waals surface area contributed by atoms with Gasteiger partial charge in [-0.1, -0.05) is 32.1 Å². The third-order valence-corrected chi connectivity index (χ3v) is 1.82. The van der Waals surface area contributed by atoms with E-state index in [1.807, 2.05) is 0 Å². The van der Waals surface area contributed by atoms with Gasteiger partial charge in [-0.2, -0.15) is 0 Å². The monoisotopic (exact) mass is 250 g/mol. The average Bonchev–Trinajstić information content (AvgIpc) is 2.03. The Hall–Kier alpha value is 1.40. The molecule has 0 rings (SSSR count). The molecular formula is C9H22O2Sr. The van der Waals surface area contributed by atoms with Gasteiger partial charge >= 0.3 is 45.5 Å². The van der Waals surface area contributed by atoms with Gasteiger partial charge in [-0.25, -0.2) is 0 Å². The Balaban J connectivity index is -0.000000167. The number of aliphatic hydroxyl groups excluding tert-OH is 2. The average molecular weight is 250 g/mol. The zero-order valence-electron chi connectivity index (χ0n) is 9.97. The summed E-state index contributed by atoms with van der Waals surface area (Å²) in [5.74, 6) is 0. The minimum Gasteiger partial charge on any atom is -1.00 e. The van der Waals surface area contributed by atoms with Crippen LogP contribution in [0.15, 0.2) is 0 Å². The molecular weight excluding hydrogens is 228 g/mol. The molecule has 0 saturated carbocycles. The molecule has 3 heteroatoms. The van der Waals surface area contributed by atoms with E-state index in [-0.39, 0.29) is 48.3 Å². The molecule has 0 atom stereocenters. The van der Waals surface area contributed by atoms with Crippen LogP contribution in [0.2, 0.25) is 0 Å². The van der Waals surface area contributed by atoms with Crippen LogP contribution in [0, 0.1) is 0 Å². The molecule has 0 bridgehead atoms. The standard InChI is InChI=1S/C9H20O2.Sr.2H/c10-8-6-4-2-1-3-5-7-9-11;;;/h10-11H,1-9H2;;;/q;+2;2*-1. The normalized spacial score (nSPS) is 9.50. The zero-order valence-corrected chi connectivity index (χ0v) is 11.4. The van der Waals surface area contributed by atoms with Crippen molar-refractivity contribution < 1.29 is 13.1 Å². The van der Waals surface area contributed by atoms with Crippen molar-refractivity contribution in [1.82, 2.24) is 0 Å². The summed E-state index contributed by atoms with van der Waals surface area (Å²) >= 11 is 0. The topological polar surface area (TPSA) is 40.5 Å². The van der Waals surface area contributed by atoms with Gasteiger partial charge < -0.3 is 13.1 Å². The molecule has 0 aliphatic carbocycles. The second-order valence-electron chi connectivity index (χ2n) is 2.92. The molecule has 0 amide bonds. The molecule has 0 aromatic heterocycles. The van der Waals surface area contributed by atoms with Gasteiger partial charge in [-0.15, -0.1) is 0 Å². The van der Waals surface area contributed by atoms with Crippen LogP contribution >= 0.6 is 0 Å². The molecule has 0 aromatic carbocycles. The molecule has 0 saturated heterocycles. The van der Waals surface area contributed by atoms with E-state index in [0.29, 0.717) is 13.2 Å². The molecule has 0 unspecified atom stereocenters. The minimum atomic E-state index is 0. The first-order valence-electron chi connectivity index (χ1n) is 4.63. The maximum absolute atomic E-state index is 8.47. The zero-order chi connectivity index (χ0) is 8.36. The fourth-order valence-electron chi connectivity index (χ4n) is 1.11. The SMILES string of the molecule is OCCCCCCCCCO.[H-].[H-].[Sr+2]. The van der Waals surface area contributed by atoms with Gasteiger partial charge in [0.15, 0.2) is 0 Å². The van der Waals surface area contributed by atoms with E-state index in [1.165, 1.54) is 19.3 Å². The predicted octanol–water partition coefficient (Wildman–Crippen LogP) is 1.55. The summed E-state index contributed by atoms with van der Waals surface area (Å²) < 4.78 is 0. The number of aliphatic hydroxyl groups is 2. The van der Waals surface area contributed by atoms with Crippen LogP contribution in [0.1, 0.15) is 47.8 Å². The fraction of sp³-hybridized carbons (Fsp3) is 1.00. The van der Waals surface area contributed by atoms with Crippen molar-refractivity contribution in [2.75, 3.05) is 13.2 Å². The van der Waals surface area contributed by atoms with Gasteiger partial charge in [0, 0.05) is 13.2 Å². The summed E-state index contributed by atoms with van der Waals surface area (Å²) in [4.78, 5) is 0. The third kappa shape index (κ3) is 14.0. The smallest absolute Gasteiger partial charge is 1.00 e. The van der Waals surface area contributed by atoms with Crippen molar-refractivity contribution in [3.05, 3.63) is 0 Å². The van der Waals surface area contributed by atoms with Gasteiger partial charge in [0.1, 0.15) is 0 Å². The van der Waals surface area contributed by atoms with Crippen LogP contribution in [-0.2, 0) is 0 Å². The van der Waals surface area contributed by atoms with Crippen LogP contribution in [0.3, 0.4) is 0 Å². The summed E-state index contributed by atoms with van der Waals surface area (Å²) in [5, 5.41) is 16.9. The van der Waals surface area contributed by atoms with Crippen molar-refractivity contribution in [2.24, 2.45) is 0 Å². The summed E-state index contributed by atoms with van der Waals surface area (Å²) in [6, 6.07) is 0. The number of hydrogen-bond donors (Lipinski definition) is 2. The van der Waals surface area contributed by atoms with Crippen LogP contribution < -0.4 is 0 Å². The first-order valence-corrected chi connectivity index (χ1v) is 4.63. The Morgan fingerprint density at radius 2 is 0.833 bits per heavy atom. The Bertz CT molecular complexity index is 69.8. The Morgan fingerprint density at radius 1 is 0.583 bits per heavy atom. The number of unbranched alkanes of at least 4 members (excludes halogenated alkanes) is 6. The quantitative estimate of drug-likeness (QED) is 0.506. The van der Waals surface area contributed by atoms with Crippen LogP contribution in [-0.4, -0.2) is 68.9 Å². The molecule has 0 aliphatic heterocycles. The minimum absolute atomic E-state index is 0. The van der Waals surface area contributed by atoms with E-state index < -0.39 is 0 Å². The summed E-state index contributed by atoms with van der Waals surface area (Å²) in [5.41, 5.74) is 0. The molecule has 0 aromatic rings. The molecule has 0 heterocycles. The third-order valence-electron chi connectivity index (χ3n) is 1.82. The fourth-order valence-corrected chi connectivity index (χ4v) is 1.11. The summed E-state index contributed by atoms with van der Waals surface area (Å²) in [6.07, 6.45) is 7.89. The largest absolute Gasteiger partial charge is 2.00 e. The van der Waals surface area contributed by atoms with Crippen LogP contribution in [0.5, 0.6) is 0 Å².